The van der Waals surface area contributed by atoms with Crippen LogP contribution < -0.4 is 9.47 Å². The largest absolute Gasteiger partial charge is 0.497 e. The van der Waals surface area contributed by atoms with Gasteiger partial charge in [0.25, 0.3) is 0 Å². The van der Waals surface area contributed by atoms with E-state index < -0.39 is 6.10 Å². The lowest BCUT2D eigenvalue weighted by Crippen LogP contribution is -2.14. The molecule has 0 bridgehead atoms. The van der Waals surface area contributed by atoms with Crippen LogP contribution in [0.5, 0.6) is 11.5 Å². The lowest BCUT2D eigenvalue weighted by atomic mass is 10.0. The van der Waals surface area contributed by atoms with E-state index in [1.54, 1.807) is 21.1 Å². The Labute approximate surface area is 170 Å². The molecular formula is C22H24N2O5. The Morgan fingerprint density at radius 2 is 1.52 bits per heavy atom. The number of esters is 1. The summed E-state index contributed by atoms with van der Waals surface area (Å²) < 4.78 is 15.3. The summed E-state index contributed by atoms with van der Waals surface area (Å²) in [6, 6.07) is 16.7. The molecule has 7 heteroatoms. The predicted octanol–water partition coefficient (Wildman–Crippen LogP) is 3.71. The van der Waals surface area contributed by atoms with Crippen LogP contribution in [-0.2, 0) is 14.4 Å². The Kier molecular flexibility index (Phi) is 8.51. The van der Waals surface area contributed by atoms with Crippen molar-refractivity contribution in [2.45, 2.75) is 25.9 Å². The van der Waals surface area contributed by atoms with E-state index >= 15 is 0 Å². The van der Waals surface area contributed by atoms with Gasteiger partial charge >= 0.3 is 5.97 Å². The number of ether oxygens (including phenoxy) is 3. The Morgan fingerprint density at radius 3 is 1.93 bits per heavy atom. The Balaban J connectivity index is 2.25. The number of methoxy groups -OCH3 is 2. The van der Waals surface area contributed by atoms with Gasteiger partial charge in [0.05, 0.1) is 27.2 Å². The zero-order valence-corrected chi connectivity index (χ0v) is 16.8. The maximum absolute atomic E-state index is 11.5. The molecule has 29 heavy (non-hydrogen) atoms. The van der Waals surface area contributed by atoms with E-state index in [0.29, 0.717) is 23.8 Å². The first-order valence-corrected chi connectivity index (χ1v) is 9.19. The summed E-state index contributed by atoms with van der Waals surface area (Å²) >= 11 is 0. The summed E-state index contributed by atoms with van der Waals surface area (Å²) in [5.74, 6) is 1.06. The Bertz CT molecular complexity index is 805. The second-order valence-corrected chi connectivity index (χ2v) is 5.96. The molecule has 2 aromatic carbocycles. The van der Waals surface area contributed by atoms with Crippen molar-refractivity contribution >= 4 is 11.7 Å². The average Bonchev–Trinajstić information content (AvgIpc) is 2.77. The molecule has 1 atom stereocenters. The van der Waals surface area contributed by atoms with Gasteiger partial charge in [-0.3, -0.25) is 4.79 Å². The molecule has 2 rings (SSSR count). The average molecular weight is 396 g/mol. The van der Waals surface area contributed by atoms with E-state index in [1.165, 1.54) is 0 Å². The number of hydrogen-bond acceptors (Lipinski definition) is 7. The number of benzene rings is 2. The van der Waals surface area contributed by atoms with Crippen LogP contribution in [0, 0.1) is 11.3 Å². The van der Waals surface area contributed by atoms with Crippen LogP contribution in [0.3, 0.4) is 0 Å². The molecule has 0 spiro atoms. The van der Waals surface area contributed by atoms with Gasteiger partial charge < -0.3 is 19.0 Å². The lowest BCUT2D eigenvalue weighted by molar-refractivity contribution is -0.143. The molecular weight excluding hydrogens is 372 g/mol. The van der Waals surface area contributed by atoms with Crippen molar-refractivity contribution in [1.29, 1.82) is 5.26 Å². The minimum absolute atomic E-state index is 0.0853. The van der Waals surface area contributed by atoms with Crippen molar-refractivity contribution < 1.29 is 23.8 Å². The van der Waals surface area contributed by atoms with Crippen LogP contribution in [0.2, 0.25) is 0 Å². The maximum Gasteiger partial charge on any atom is 0.305 e. The van der Waals surface area contributed by atoms with Gasteiger partial charge in [-0.15, -0.1) is 0 Å². The summed E-state index contributed by atoms with van der Waals surface area (Å²) in [5.41, 5.74) is 2.13. The third-order valence-electron chi connectivity index (χ3n) is 4.06. The highest BCUT2D eigenvalue weighted by Crippen LogP contribution is 2.19. The van der Waals surface area contributed by atoms with E-state index in [-0.39, 0.29) is 18.8 Å². The van der Waals surface area contributed by atoms with Gasteiger partial charge in [-0.1, -0.05) is 5.16 Å². The fourth-order valence-corrected chi connectivity index (χ4v) is 2.51. The van der Waals surface area contributed by atoms with Crippen LogP contribution in [0.15, 0.2) is 53.7 Å². The van der Waals surface area contributed by atoms with Crippen molar-refractivity contribution in [3.05, 3.63) is 59.7 Å². The third kappa shape index (κ3) is 6.54. The minimum Gasteiger partial charge on any atom is -0.497 e. The van der Waals surface area contributed by atoms with Crippen molar-refractivity contribution in [3.63, 3.8) is 0 Å². The second-order valence-electron chi connectivity index (χ2n) is 5.96. The molecule has 0 amide bonds. The molecule has 0 aliphatic rings. The Hall–Kier alpha value is -3.53. The number of nitrogens with zero attached hydrogens (tertiary/aromatic N) is 2. The highest BCUT2D eigenvalue weighted by molar-refractivity contribution is 6.12. The van der Waals surface area contributed by atoms with Crippen molar-refractivity contribution in [2.24, 2.45) is 5.16 Å². The first-order chi connectivity index (χ1) is 14.1. The number of oxime groups is 1. The highest BCUT2D eigenvalue weighted by atomic mass is 16.6. The highest BCUT2D eigenvalue weighted by Gasteiger charge is 2.15. The van der Waals surface area contributed by atoms with E-state index in [1.807, 2.05) is 54.6 Å². The van der Waals surface area contributed by atoms with Gasteiger partial charge in [0.2, 0.25) is 6.10 Å². The molecule has 0 aliphatic heterocycles. The van der Waals surface area contributed by atoms with Gasteiger partial charge in [-0.05, 0) is 55.5 Å². The van der Waals surface area contributed by atoms with Crippen LogP contribution in [0.25, 0.3) is 0 Å². The first kappa shape index (κ1) is 21.8. The number of carbonyl (C=O) groups is 1. The lowest BCUT2D eigenvalue weighted by Gasteiger charge is -2.11. The molecule has 0 aliphatic carbocycles. The number of carbonyl (C=O) groups excluding carboxylic acids is 1. The predicted molar refractivity (Wildman–Crippen MR) is 108 cm³/mol. The smallest absolute Gasteiger partial charge is 0.305 e. The van der Waals surface area contributed by atoms with E-state index in [0.717, 1.165) is 11.1 Å². The topological polar surface area (TPSA) is 90.1 Å². The van der Waals surface area contributed by atoms with Crippen LogP contribution in [-0.4, -0.2) is 38.6 Å². The minimum atomic E-state index is -0.870. The van der Waals surface area contributed by atoms with Gasteiger partial charge in [-0.25, -0.2) is 0 Å². The summed E-state index contributed by atoms with van der Waals surface area (Å²) in [4.78, 5) is 17.0. The van der Waals surface area contributed by atoms with Gasteiger partial charge in [0, 0.05) is 17.5 Å². The van der Waals surface area contributed by atoms with Gasteiger partial charge in [0.1, 0.15) is 23.3 Å². The van der Waals surface area contributed by atoms with Crippen LogP contribution >= 0.6 is 0 Å². The summed E-state index contributed by atoms with van der Waals surface area (Å²) in [7, 11) is 3.19. The molecule has 0 saturated carbocycles. The molecule has 0 N–H and O–H groups in total. The monoisotopic (exact) mass is 396 g/mol. The fourth-order valence-electron chi connectivity index (χ4n) is 2.51. The molecule has 152 valence electrons. The van der Waals surface area contributed by atoms with Crippen LogP contribution in [0.4, 0.5) is 0 Å². The molecule has 0 heterocycles. The van der Waals surface area contributed by atoms with Crippen molar-refractivity contribution in [3.8, 4) is 17.6 Å². The molecule has 1 unspecified atom stereocenters. The quantitative estimate of drug-likeness (QED) is 0.345. The van der Waals surface area contributed by atoms with Gasteiger partial charge in [0.15, 0.2) is 0 Å². The van der Waals surface area contributed by atoms with Crippen molar-refractivity contribution in [2.75, 3.05) is 20.8 Å². The SMILES string of the molecule is CCOC(=O)CCC(C#N)ON=C(c1ccc(OC)cc1)c1ccc(OC)cc1. The molecule has 0 aromatic heterocycles. The summed E-state index contributed by atoms with van der Waals surface area (Å²) in [6.45, 7) is 2.03. The molecule has 2 aromatic rings. The maximum atomic E-state index is 11.5. The third-order valence-corrected chi connectivity index (χ3v) is 4.06. The van der Waals surface area contributed by atoms with E-state index in [9.17, 15) is 10.1 Å². The molecule has 0 fully saturated rings. The second kappa shape index (κ2) is 11.3. The first-order valence-electron chi connectivity index (χ1n) is 9.19. The van der Waals surface area contributed by atoms with Gasteiger partial charge in [-0.2, -0.15) is 5.26 Å². The number of nitriles is 1. The normalized spacial score (nSPS) is 11.0. The zero-order valence-electron chi connectivity index (χ0n) is 16.8. The number of rotatable bonds is 10. The van der Waals surface area contributed by atoms with E-state index in [4.69, 9.17) is 19.0 Å². The van der Waals surface area contributed by atoms with E-state index in [2.05, 4.69) is 5.16 Å². The molecule has 0 saturated heterocycles. The fraction of sp³-hybridized carbons (Fsp3) is 0.318. The zero-order chi connectivity index (χ0) is 21.1. The van der Waals surface area contributed by atoms with Crippen molar-refractivity contribution in [1.82, 2.24) is 0 Å². The summed E-state index contributed by atoms with van der Waals surface area (Å²) in [5, 5.41) is 13.6. The molecule has 0 radical (unpaired) electrons. The van der Waals surface area contributed by atoms with Crippen LogP contribution in [0.1, 0.15) is 30.9 Å². The Morgan fingerprint density at radius 1 is 1.00 bits per heavy atom. The molecule has 7 nitrogen and oxygen atoms in total. The number of hydrogen-bond donors (Lipinski definition) is 0. The standard InChI is InChI=1S/C22H24N2O5/c1-4-28-21(25)14-13-20(15-23)29-24-22(16-5-9-18(26-2)10-6-16)17-7-11-19(27-3)12-8-17/h5-12,20H,4,13-14H2,1-3H3. The summed E-state index contributed by atoms with van der Waals surface area (Å²) in [6.07, 6.45) is -0.592.